The molecule has 1 atom stereocenters. The van der Waals surface area contributed by atoms with E-state index in [0.717, 1.165) is 11.6 Å². The van der Waals surface area contributed by atoms with Crippen LogP contribution in [-0.2, 0) is 12.6 Å². The number of hydrogen-bond donors (Lipinski definition) is 6. The van der Waals surface area contributed by atoms with E-state index in [2.05, 4.69) is 15.6 Å². The van der Waals surface area contributed by atoms with Gasteiger partial charge in [0.2, 0.25) is 5.56 Å². The van der Waals surface area contributed by atoms with Gasteiger partial charge in [0.15, 0.2) is 0 Å². The molecule has 4 rings (SSSR count). The number of nitrogens with one attached hydrogen (secondary N) is 3. The van der Waals surface area contributed by atoms with E-state index in [0.29, 0.717) is 29.6 Å². The first-order chi connectivity index (χ1) is 19.3. The highest BCUT2D eigenvalue weighted by atomic mass is 19.4. The molecule has 218 valence electrons. The van der Waals surface area contributed by atoms with Crippen LogP contribution in [0.1, 0.15) is 36.6 Å². The van der Waals surface area contributed by atoms with Gasteiger partial charge in [-0.3, -0.25) is 4.79 Å². The molecule has 11 heteroatoms. The summed E-state index contributed by atoms with van der Waals surface area (Å²) in [5.41, 5.74) is 6.57. The number of alkyl halides is 3. The summed E-state index contributed by atoms with van der Waals surface area (Å²) in [5, 5.41) is 27.4. The van der Waals surface area contributed by atoms with Gasteiger partial charge in [-0.25, -0.2) is 0 Å². The number of hydrogen-bond acceptors (Lipinski definition) is 7. The number of benzene rings is 3. The molecule has 0 saturated carbocycles. The van der Waals surface area contributed by atoms with Crippen LogP contribution in [0.5, 0.6) is 11.5 Å². The van der Waals surface area contributed by atoms with E-state index >= 15 is 0 Å². The standard InChI is InChI=1S/C30H33F3N4O4/c1-29(2,34)17-41-26-11-7-20(15-23(26)30(31,32)33)36-19-5-3-18(4-6-19)13-14-35-16-25(39)21-8-10-24(38)28-22(21)9-12-27(40)37-28/h3-12,15,25,35-36,38-39H,13-14,16-17,34H2,1-2H3,(H,37,40)/t25-/m0/s1. The van der Waals surface area contributed by atoms with Crippen molar-refractivity contribution in [3.8, 4) is 11.5 Å². The molecule has 41 heavy (non-hydrogen) atoms. The molecule has 0 fully saturated rings. The zero-order valence-corrected chi connectivity index (χ0v) is 22.7. The predicted octanol–water partition coefficient (Wildman–Crippen LogP) is 4.98. The Morgan fingerprint density at radius 3 is 2.39 bits per heavy atom. The van der Waals surface area contributed by atoms with Gasteiger partial charge in [0.05, 0.1) is 17.2 Å². The zero-order chi connectivity index (χ0) is 29.8. The summed E-state index contributed by atoms with van der Waals surface area (Å²) in [6.45, 7) is 4.09. The summed E-state index contributed by atoms with van der Waals surface area (Å²) in [4.78, 5) is 14.2. The Hall–Kier alpha value is -4.06. The van der Waals surface area contributed by atoms with Gasteiger partial charge in [0, 0.05) is 34.9 Å². The number of H-pyrrole nitrogens is 1. The molecule has 0 saturated heterocycles. The van der Waals surface area contributed by atoms with Crippen molar-refractivity contribution < 1.29 is 28.1 Å². The maximum Gasteiger partial charge on any atom is 0.420 e. The predicted molar refractivity (Wildman–Crippen MR) is 153 cm³/mol. The van der Waals surface area contributed by atoms with Crippen LogP contribution in [0.3, 0.4) is 0 Å². The number of phenols is 1. The SMILES string of the molecule is CC(C)(N)COc1ccc(Nc2ccc(CCNC[C@H](O)c3ccc(O)c4[nH]c(=O)ccc34)cc2)cc1C(F)(F)F. The number of anilines is 2. The molecular formula is C30H33F3N4O4. The number of nitrogens with two attached hydrogens (primary N) is 1. The van der Waals surface area contributed by atoms with Gasteiger partial charge >= 0.3 is 6.18 Å². The smallest absolute Gasteiger partial charge is 0.420 e. The first-order valence-electron chi connectivity index (χ1n) is 13.0. The van der Waals surface area contributed by atoms with E-state index in [4.69, 9.17) is 10.5 Å². The molecule has 0 aliphatic rings. The normalized spacial score (nSPS) is 12.9. The summed E-state index contributed by atoms with van der Waals surface area (Å²) in [5.74, 6) is -0.346. The van der Waals surface area contributed by atoms with Gasteiger partial charge in [-0.2, -0.15) is 13.2 Å². The first-order valence-corrected chi connectivity index (χ1v) is 13.0. The van der Waals surface area contributed by atoms with Crippen LogP contribution in [0.4, 0.5) is 24.5 Å². The molecule has 0 amide bonds. The molecule has 1 aromatic heterocycles. The van der Waals surface area contributed by atoms with Crippen LogP contribution in [0.15, 0.2) is 71.5 Å². The van der Waals surface area contributed by atoms with Crippen LogP contribution in [0, 0.1) is 0 Å². The molecule has 0 bridgehead atoms. The lowest BCUT2D eigenvalue weighted by Gasteiger charge is -2.21. The highest BCUT2D eigenvalue weighted by molar-refractivity contribution is 5.87. The van der Waals surface area contributed by atoms with Crippen molar-refractivity contribution in [1.82, 2.24) is 10.3 Å². The average Bonchev–Trinajstić information content (AvgIpc) is 2.90. The Balaban J connectivity index is 1.32. The van der Waals surface area contributed by atoms with Crippen LogP contribution in [0.25, 0.3) is 10.9 Å². The maximum absolute atomic E-state index is 13.6. The molecule has 7 N–H and O–H groups in total. The summed E-state index contributed by atoms with van der Waals surface area (Å²) >= 11 is 0. The fourth-order valence-electron chi connectivity index (χ4n) is 4.27. The molecule has 0 radical (unpaired) electrons. The Bertz CT molecular complexity index is 1550. The van der Waals surface area contributed by atoms with Gasteiger partial charge < -0.3 is 36.3 Å². The van der Waals surface area contributed by atoms with E-state index in [1.54, 1.807) is 38.1 Å². The van der Waals surface area contributed by atoms with E-state index in [9.17, 15) is 28.2 Å². The quantitative estimate of drug-likeness (QED) is 0.140. The summed E-state index contributed by atoms with van der Waals surface area (Å²) < 4.78 is 46.3. The minimum absolute atomic E-state index is 0.0616. The molecule has 0 unspecified atom stereocenters. The number of fused-ring (bicyclic) bond motifs is 1. The lowest BCUT2D eigenvalue weighted by Crippen LogP contribution is -2.39. The number of aromatic nitrogens is 1. The van der Waals surface area contributed by atoms with Gasteiger partial charge in [-0.15, -0.1) is 0 Å². The number of phenolic OH excluding ortho intramolecular Hbond substituents is 1. The second-order valence-corrected chi connectivity index (χ2v) is 10.6. The van der Waals surface area contributed by atoms with E-state index in [1.165, 1.54) is 24.3 Å². The van der Waals surface area contributed by atoms with E-state index in [-0.39, 0.29) is 41.4 Å². The Labute approximate surface area is 235 Å². The third kappa shape index (κ3) is 8.00. The number of ether oxygens (including phenoxy) is 1. The number of aromatic hydroxyl groups is 1. The van der Waals surface area contributed by atoms with Gasteiger partial charge in [-0.1, -0.05) is 18.2 Å². The van der Waals surface area contributed by atoms with Crippen LogP contribution < -0.4 is 26.7 Å². The van der Waals surface area contributed by atoms with Gasteiger partial charge in [0.25, 0.3) is 0 Å². The minimum Gasteiger partial charge on any atom is -0.506 e. The number of aliphatic hydroxyl groups is 1. The van der Waals surface area contributed by atoms with E-state index < -0.39 is 23.4 Å². The second-order valence-electron chi connectivity index (χ2n) is 10.6. The van der Waals surface area contributed by atoms with Crippen molar-refractivity contribution in [3.63, 3.8) is 0 Å². The number of halogens is 3. The Morgan fingerprint density at radius 2 is 1.71 bits per heavy atom. The van der Waals surface area contributed by atoms with Crippen molar-refractivity contribution in [2.45, 2.75) is 38.1 Å². The first kappa shape index (κ1) is 29.9. The minimum atomic E-state index is -4.59. The highest BCUT2D eigenvalue weighted by Gasteiger charge is 2.35. The Kier molecular flexibility index (Phi) is 8.91. The van der Waals surface area contributed by atoms with Crippen molar-refractivity contribution in [2.24, 2.45) is 5.73 Å². The van der Waals surface area contributed by atoms with Crippen molar-refractivity contribution in [3.05, 3.63) is 93.8 Å². The number of aliphatic hydroxyl groups excluding tert-OH is 1. The summed E-state index contributed by atoms with van der Waals surface area (Å²) in [6, 6.07) is 17.1. The molecule has 0 aliphatic carbocycles. The monoisotopic (exact) mass is 570 g/mol. The lowest BCUT2D eigenvalue weighted by molar-refractivity contribution is -0.139. The van der Waals surface area contributed by atoms with E-state index in [1.807, 2.05) is 12.1 Å². The van der Waals surface area contributed by atoms with Crippen molar-refractivity contribution >= 4 is 22.3 Å². The number of pyridine rings is 1. The zero-order valence-electron chi connectivity index (χ0n) is 22.7. The van der Waals surface area contributed by atoms with Crippen LogP contribution in [-0.4, -0.2) is 40.4 Å². The molecule has 4 aromatic rings. The fraction of sp³-hybridized carbons (Fsp3) is 0.300. The van der Waals surface area contributed by atoms with Crippen LogP contribution in [0.2, 0.25) is 0 Å². The molecule has 1 heterocycles. The third-order valence-corrected chi connectivity index (χ3v) is 6.32. The molecular weight excluding hydrogens is 537 g/mol. The molecule has 0 aliphatic heterocycles. The topological polar surface area (TPSA) is 133 Å². The highest BCUT2D eigenvalue weighted by Crippen LogP contribution is 2.38. The second kappa shape index (κ2) is 12.2. The maximum atomic E-state index is 13.6. The average molecular weight is 571 g/mol. The third-order valence-electron chi connectivity index (χ3n) is 6.32. The summed E-state index contributed by atoms with van der Waals surface area (Å²) in [6.07, 6.45) is -4.81. The lowest BCUT2D eigenvalue weighted by atomic mass is 10.0. The van der Waals surface area contributed by atoms with Crippen molar-refractivity contribution in [1.29, 1.82) is 0 Å². The number of aromatic amines is 1. The largest absolute Gasteiger partial charge is 0.506 e. The summed E-state index contributed by atoms with van der Waals surface area (Å²) in [7, 11) is 0. The molecule has 0 spiro atoms. The van der Waals surface area contributed by atoms with Gasteiger partial charge in [-0.05, 0) is 80.4 Å². The molecule has 3 aromatic carbocycles. The fourth-order valence-corrected chi connectivity index (χ4v) is 4.27. The molecule has 8 nitrogen and oxygen atoms in total. The van der Waals surface area contributed by atoms with Gasteiger partial charge in [0.1, 0.15) is 18.1 Å². The number of rotatable bonds is 11. The van der Waals surface area contributed by atoms with Crippen LogP contribution >= 0.6 is 0 Å². The van der Waals surface area contributed by atoms with Crippen molar-refractivity contribution in [2.75, 3.05) is 25.0 Å². The Morgan fingerprint density at radius 1 is 1.00 bits per heavy atom.